The number of nitrogens with zero attached hydrogens (tertiary/aromatic N) is 1. The third-order valence-corrected chi connectivity index (χ3v) is 4.84. The van der Waals surface area contributed by atoms with Crippen LogP contribution in [0.3, 0.4) is 0 Å². The monoisotopic (exact) mass is 306 g/mol. The van der Waals surface area contributed by atoms with Gasteiger partial charge in [-0.2, -0.15) is 0 Å². The van der Waals surface area contributed by atoms with E-state index in [9.17, 15) is 9.59 Å². The standard InChI is InChI=1S/C16H19ClN2O2/c17-13-3-1-12(2-4-13)11-19-7-5-16(6-8-19)9-14(20)18-15(21)10-16/h1-4H,5-11H2,(H,18,20,21). The Morgan fingerprint density at radius 2 is 1.62 bits per heavy atom. The molecule has 1 aromatic carbocycles. The molecule has 1 N–H and O–H groups in total. The minimum Gasteiger partial charge on any atom is -0.299 e. The number of carbonyl (C=O) groups excluding carboxylic acids is 2. The highest BCUT2D eigenvalue weighted by atomic mass is 35.5. The highest BCUT2D eigenvalue weighted by Gasteiger charge is 2.41. The van der Waals surface area contributed by atoms with Gasteiger partial charge >= 0.3 is 0 Å². The van der Waals surface area contributed by atoms with Gasteiger partial charge in [0.15, 0.2) is 0 Å². The topological polar surface area (TPSA) is 49.4 Å². The number of carbonyl (C=O) groups is 2. The van der Waals surface area contributed by atoms with Crippen molar-refractivity contribution in [3.63, 3.8) is 0 Å². The Morgan fingerprint density at radius 3 is 2.19 bits per heavy atom. The Balaban J connectivity index is 1.58. The van der Waals surface area contributed by atoms with E-state index < -0.39 is 0 Å². The maximum atomic E-state index is 11.6. The second-order valence-electron chi connectivity index (χ2n) is 6.23. The molecule has 0 unspecified atom stereocenters. The smallest absolute Gasteiger partial charge is 0.227 e. The lowest BCUT2D eigenvalue weighted by atomic mass is 9.71. The molecule has 2 heterocycles. The summed E-state index contributed by atoms with van der Waals surface area (Å²) in [4.78, 5) is 25.6. The van der Waals surface area contributed by atoms with Crippen LogP contribution in [0.25, 0.3) is 0 Å². The molecule has 2 fully saturated rings. The van der Waals surface area contributed by atoms with E-state index in [1.165, 1.54) is 5.56 Å². The zero-order chi connectivity index (χ0) is 14.9. The summed E-state index contributed by atoms with van der Waals surface area (Å²) in [6.45, 7) is 2.76. The predicted molar refractivity (Wildman–Crippen MR) is 80.8 cm³/mol. The Bertz CT molecular complexity index is 530. The van der Waals surface area contributed by atoms with Crippen LogP contribution in [0.1, 0.15) is 31.2 Å². The van der Waals surface area contributed by atoms with Gasteiger partial charge in [0.1, 0.15) is 0 Å². The van der Waals surface area contributed by atoms with E-state index in [0.717, 1.165) is 37.5 Å². The van der Waals surface area contributed by atoms with Gasteiger partial charge in [0.05, 0.1) is 0 Å². The van der Waals surface area contributed by atoms with E-state index in [1.54, 1.807) is 0 Å². The van der Waals surface area contributed by atoms with Crippen LogP contribution in [0.5, 0.6) is 0 Å². The lowest BCUT2D eigenvalue weighted by Gasteiger charge is -2.43. The van der Waals surface area contributed by atoms with Gasteiger partial charge in [-0.25, -0.2) is 0 Å². The molecule has 0 aromatic heterocycles. The lowest BCUT2D eigenvalue weighted by Crippen LogP contribution is -2.49. The molecular weight excluding hydrogens is 288 g/mol. The van der Waals surface area contributed by atoms with Crippen LogP contribution in [-0.2, 0) is 16.1 Å². The molecule has 2 aliphatic rings. The highest BCUT2D eigenvalue weighted by molar-refractivity contribution is 6.30. The van der Waals surface area contributed by atoms with Crippen molar-refractivity contribution in [3.8, 4) is 0 Å². The van der Waals surface area contributed by atoms with Crippen LogP contribution in [-0.4, -0.2) is 29.8 Å². The van der Waals surface area contributed by atoms with Crippen LogP contribution in [0, 0.1) is 5.41 Å². The first kappa shape index (κ1) is 14.5. The minimum atomic E-state index is -0.114. The van der Waals surface area contributed by atoms with Gasteiger partial charge in [-0.1, -0.05) is 23.7 Å². The predicted octanol–water partition coefficient (Wildman–Crippen LogP) is 2.36. The molecular formula is C16H19ClN2O2. The third kappa shape index (κ3) is 3.44. The van der Waals surface area contributed by atoms with Crippen molar-refractivity contribution in [2.75, 3.05) is 13.1 Å². The van der Waals surface area contributed by atoms with Crippen LogP contribution < -0.4 is 5.32 Å². The molecule has 0 atom stereocenters. The number of amides is 2. The summed E-state index contributed by atoms with van der Waals surface area (Å²) in [5.41, 5.74) is 1.14. The van der Waals surface area contributed by atoms with E-state index in [0.29, 0.717) is 12.8 Å². The molecule has 0 aliphatic carbocycles. The summed E-state index contributed by atoms with van der Waals surface area (Å²) >= 11 is 5.90. The molecule has 4 nitrogen and oxygen atoms in total. The van der Waals surface area contributed by atoms with Crippen LogP contribution in [0.15, 0.2) is 24.3 Å². The van der Waals surface area contributed by atoms with Crippen molar-refractivity contribution in [2.24, 2.45) is 5.41 Å². The summed E-state index contributed by atoms with van der Waals surface area (Å²) in [6.07, 6.45) is 2.82. The number of nitrogens with one attached hydrogen (secondary N) is 1. The van der Waals surface area contributed by atoms with Gasteiger partial charge in [0.2, 0.25) is 11.8 Å². The fraction of sp³-hybridized carbons (Fsp3) is 0.500. The minimum absolute atomic E-state index is 0.101. The zero-order valence-electron chi connectivity index (χ0n) is 11.9. The van der Waals surface area contributed by atoms with Crippen LogP contribution in [0.2, 0.25) is 5.02 Å². The number of hydrogen-bond acceptors (Lipinski definition) is 3. The Hall–Kier alpha value is -1.39. The van der Waals surface area contributed by atoms with Gasteiger partial charge in [-0.15, -0.1) is 0 Å². The SMILES string of the molecule is O=C1CC2(CCN(Cc3ccc(Cl)cc3)CC2)CC(=O)N1. The van der Waals surface area contributed by atoms with E-state index in [-0.39, 0.29) is 17.2 Å². The highest BCUT2D eigenvalue weighted by Crippen LogP contribution is 2.40. The molecule has 2 saturated heterocycles. The first-order valence-electron chi connectivity index (χ1n) is 7.34. The molecule has 0 bridgehead atoms. The first-order chi connectivity index (χ1) is 10.0. The summed E-state index contributed by atoms with van der Waals surface area (Å²) in [5, 5.41) is 3.16. The summed E-state index contributed by atoms with van der Waals surface area (Å²) < 4.78 is 0. The number of hydrogen-bond donors (Lipinski definition) is 1. The van der Waals surface area contributed by atoms with Gasteiger partial charge in [0, 0.05) is 24.4 Å². The molecule has 2 amide bonds. The quantitative estimate of drug-likeness (QED) is 0.853. The van der Waals surface area contributed by atoms with E-state index in [4.69, 9.17) is 11.6 Å². The second kappa shape index (κ2) is 5.78. The Morgan fingerprint density at radius 1 is 1.05 bits per heavy atom. The van der Waals surface area contributed by atoms with Crippen molar-refractivity contribution in [1.29, 1.82) is 0 Å². The number of imide groups is 1. The number of likely N-dealkylation sites (tertiary alicyclic amines) is 1. The van der Waals surface area contributed by atoms with E-state index in [1.807, 2.05) is 24.3 Å². The van der Waals surface area contributed by atoms with E-state index >= 15 is 0 Å². The fourth-order valence-electron chi connectivity index (χ4n) is 3.37. The fourth-order valence-corrected chi connectivity index (χ4v) is 3.50. The molecule has 112 valence electrons. The van der Waals surface area contributed by atoms with Crippen molar-refractivity contribution >= 4 is 23.4 Å². The Labute approximate surface area is 129 Å². The van der Waals surface area contributed by atoms with Crippen LogP contribution >= 0.6 is 11.6 Å². The average molecular weight is 307 g/mol. The average Bonchev–Trinajstić information content (AvgIpc) is 2.43. The summed E-state index contributed by atoms with van der Waals surface area (Å²) in [7, 11) is 0. The molecule has 3 rings (SSSR count). The zero-order valence-corrected chi connectivity index (χ0v) is 12.7. The Kier molecular flexibility index (Phi) is 4.00. The van der Waals surface area contributed by atoms with Crippen molar-refractivity contribution < 1.29 is 9.59 Å². The molecule has 0 radical (unpaired) electrons. The van der Waals surface area contributed by atoms with Gasteiger partial charge in [-0.3, -0.25) is 19.8 Å². The summed E-state index contributed by atoms with van der Waals surface area (Å²) in [5.74, 6) is -0.227. The van der Waals surface area contributed by atoms with Crippen molar-refractivity contribution in [2.45, 2.75) is 32.2 Å². The van der Waals surface area contributed by atoms with Gasteiger partial charge in [-0.05, 0) is 49.0 Å². The summed E-state index contributed by atoms with van der Waals surface area (Å²) in [6, 6.07) is 7.91. The van der Waals surface area contributed by atoms with Crippen molar-refractivity contribution in [1.82, 2.24) is 10.2 Å². The molecule has 5 heteroatoms. The van der Waals surface area contributed by atoms with Gasteiger partial charge in [0.25, 0.3) is 0 Å². The molecule has 21 heavy (non-hydrogen) atoms. The number of benzene rings is 1. The van der Waals surface area contributed by atoms with Crippen LogP contribution in [0.4, 0.5) is 0 Å². The molecule has 2 aliphatic heterocycles. The number of rotatable bonds is 2. The van der Waals surface area contributed by atoms with Gasteiger partial charge < -0.3 is 0 Å². The maximum absolute atomic E-state index is 11.6. The molecule has 1 spiro atoms. The first-order valence-corrected chi connectivity index (χ1v) is 7.72. The molecule has 0 saturated carbocycles. The van der Waals surface area contributed by atoms with E-state index in [2.05, 4.69) is 10.2 Å². The largest absolute Gasteiger partial charge is 0.299 e. The number of piperidine rings is 2. The third-order valence-electron chi connectivity index (χ3n) is 4.59. The van der Waals surface area contributed by atoms with Crippen molar-refractivity contribution in [3.05, 3.63) is 34.9 Å². The lowest BCUT2D eigenvalue weighted by molar-refractivity contribution is -0.139. The number of halogens is 1. The normalized spacial score (nSPS) is 22.3. The second-order valence-corrected chi connectivity index (χ2v) is 6.66. The molecule has 1 aromatic rings. The maximum Gasteiger partial charge on any atom is 0.227 e.